The zero-order valence-corrected chi connectivity index (χ0v) is 10.4. The molecular formula is C12H23NOS. The first kappa shape index (κ1) is 11.7. The van der Waals surface area contributed by atoms with Gasteiger partial charge in [-0.05, 0) is 50.3 Å². The Morgan fingerprint density at radius 2 is 2.20 bits per heavy atom. The van der Waals surface area contributed by atoms with E-state index in [4.69, 9.17) is 0 Å². The largest absolute Gasteiger partial charge is 0.393 e. The van der Waals surface area contributed by atoms with Gasteiger partial charge in [0.05, 0.1) is 6.10 Å². The third-order valence-corrected chi connectivity index (χ3v) is 5.17. The van der Waals surface area contributed by atoms with E-state index in [-0.39, 0.29) is 6.10 Å². The van der Waals surface area contributed by atoms with Crippen molar-refractivity contribution in [3.05, 3.63) is 0 Å². The number of rotatable bonds is 3. The van der Waals surface area contributed by atoms with Gasteiger partial charge in [0.15, 0.2) is 0 Å². The first-order chi connectivity index (χ1) is 7.25. The molecule has 1 heterocycles. The molecular weight excluding hydrogens is 206 g/mol. The normalized spacial score (nSPS) is 42.0. The summed E-state index contributed by atoms with van der Waals surface area (Å²) in [5.41, 5.74) is 0. The molecule has 0 aromatic carbocycles. The van der Waals surface area contributed by atoms with Crippen LogP contribution in [0.3, 0.4) is 0 Å². The number of hydrogen-bond acceptors (Lipinski definition) is 3. The van der Waals surface area contributed by atoms with E-state index in [1.807, 2.05) is 0 Å². The maximum absolute atomic E-state index is 9.46. The zero-order chi connectivity index (χ0) is 10.7. The lowest BCUT2D eigenvalue weighted by Crippen LogP contribution is -2.41. The van der Waals surface area contributed by atoms with Crippen LogP contribution in [0.4, 0.5) is 0 Å². The highest BCUT2D eigenvalue weighted by molar-refractivity contribution is 7.99. The second kappa shape index (κ2) is 5.55. The van der Waals surface area contributed by atoms with Crippen LogP contribution >= 0.6 is 11.8 Å². The van der Waals surface area contributed by atoms with Crippen LogP contribution < -0.4 is 5.32 Å². The average Bonchev–Trinajstić information content (AvgIpc) is 2.63. The lowest BCUT2D eigenvalue weighted by molar-refractivity contribution is 0.177. The van der Waals surface area contributed by atoms with Crippen LogP contribution in [-0.4, -0.2) is 34.8 Å². The molecule has 4 atom stereocenters. The van der Waals surface area contributed by atoms with E-state index >= 15 is 0 Å². The van der Waals surface area contributed by atoms with Crippen LogP contribution in [-0.2, 0) is 0 Å². The lowest BCUT2D eigenvalue weighted by atomic mass is 10.0. The van der Waals surface area contributed by atoms with Gasteiger partial charge in [-0.25, -0.2) is 0 Å². The molecule has 0 bridgehead atoms. The minimum Gasteiger partial charge on any atom is -0.393 e. The van der Waals surface area contributed by atoms with Crippen molar-refractivity contribution in [1.82, 2.24) is 5.32 Å². The second-order valence-corrected chi connectivity index (χ2v) is 6.55. The van der Waals surface area contributed by atoms with Crippen molar-refractivity contribution in [2.24, 2.45) is 5.92 Å². The summed E-state index contributed by atoms with van der Waals surface area (Å²) in [4.78, 5) is 0. The van der Waals surface area contributed by atoms with Gasteiger partial charge in [0, 0.05) is 11.3 Å². The molecule has 0 amide bonds. The first-order valence-corrected chi connectivity index (χ1v) is 7.33. The maximum Gasteiger partial charge on any atom is 0.0543 e. The van der Waals surface area contributed by atoms with Gasteiger partial charge < -0.3 is 10.4 Å². The SMILES string of the molecule is CC1SCCCC1NCC1CCC(O)C1. The first-order valence-electron chi connectivity index (χ1n) is 6.28. The summed E-state index contributed by atoms with van der Waals surface area (Å²) in [5, 5.41) is 13.9. The number of aliphatic hydroxyl groups excluding tert-OH is 1. The molecule has 4 unspecified atom stereocenters. The highest BCUT2D eigenvalue weighted by Gasteiger charge is 2.25. The summed E-state index contributed by atoms with van der Waals surface area (Å²) in [7, 11) is 0. The fraction of sp³-hybridized carbons (Fsp3) is 1.00. The molecule has 2 aliphatic rings. The Balaban J connectivity index is 1.68. The maximum atomic E-state index is 9.46. The number of hydrogen-bond donors (Lipinski definition) is 2. The topological polar surface area (TPSA) is 32.3 Å². The Bertz CT molecular complexity index is 200. The molecule has 0 aromatic rings. The predicted octanol–water partition coefficient (Wildman–Crippen LogP) is 2.02. The lowest BCUT2D eigenvalue weighted by Gasteiger charge is -2.30. The monoisotopic (exact) mass is 229 g/mol. The van der Waals surface area contributed by atoms with Crippen LogP contribution in [0.1, 0.15) is 39.0 Å². The molecule has 2 nitrogen and oxygen atoms in total. The van der Waals surface area contributed by atoms with Crippen molar-refractivity contribution in [2.45, 2.75) is 56.4 Å². The third-order valence-electron chi connectivity index (χ3n) is 3.79. The van der Waals surface area contributed by atoms with Gasteiger partial charge in [0.25, 0.3) is 0 Å². The standard InChI is InChI=1S/C12H23NOS/c1-9-12(3-2-6-15-9)13-8-10-4-5-11(14)7-10/h9-14H,2-8H2,1H3. The van der Waals surface area contributed by atoms with Crippen molar-refractivity contribution < 1.29 is 5.11 Å². The molecule has 1 saturated heterocycles. The molecule has 2 fully saturated rings. The second-order valence-electron chi connectivity index (χ2n) is 5.07. The molecule has 2 rings (SSSR count). The van der Waals surface area contributed by atoms with Gasteiger partial charge in [-0.15, -0.1) is 0 Å². The van der Waals surface area contributed by atoms with Gasteiger partial charge in [0.1, 0.15) is 0 Å². The molecule has 15 heavy (non-hydrogen) atoms. The Labute approximate surface area is 97.2 Å². The van der Waals surface area contributed by atoms with Gasteiger partial charge in [0.2, 0.25) is 0 Å². The van der Waals surface area contributed by atoms with Crippen molar-refractivity contribution in [1.29, 1.82) is 0 Å². The number of nitrogens with one attached hydrogen (secondary N) is 1. The van der Waals surface area contributed by atoms with Crippen LogP contribution in [0.2, 0.25) is 0 Å². The summed E-state index contributed by atoms with van der Waals surface area (Å²) in [6.07, 6.45) is 5.92. The smallest absolute Gasteiger partial charge is 0.0543 e. The van der Waals surface area contributed by atoms with E-state index in [0.717, 1.165) is 30.6 Å². The molecule has 0 spiro atoms. The summed E-state index contributed by atoms with van der Waals surface area (Å²) in [5.74, 6) is 2.06. The van der Waals surface area contributed by atoms with Gasteiger partial charge in [-0.3, -0.25) is 0 Å². The van der Waals surface area contributed by atoms with Crippen molar-refractivity contribution in [2.75, 3.05) is 12.3 Å². The third kappa shape index (κ3) is 3.36. The molecule has 1 aliphatic carbocycles. The minimum absolute atomic E-state index is 0.0186. The predicted molar refractivity (Wildman–Crippen MR) is 66.3 cm³/mol. The van der Waals surface area contributed by atoms with Crippen LogP contribution in [0, 0.1) is 5.92 Å². The van der Waals surface area contributed by atoms with Crippen molar-refractivity contribution in [3.63, 3.8) is 0 Å². The van der Waals surface area contributed by atoms with Gasteiger partial charge in [-0.2, -0.15) is 11.8 Å². The average molecular weight is 229 g/mol. The van der Waals surface area contributed by atoms with Crippen molar-refractivity contribution >= 4 is 11.8 Å². The Kier molecular flexibility index (Phi) is 4.35. The summed E-state index contributed by atoms with van der Waals surface area (Å²) < 4.78 is 0. The quantitative estimate of drug-likeness (QED) is 0.776. The summed E-state index contributed by atoms with van der Waals surface area (Å²) in [6.45, 7) is 3.46. The molecule has 0 radical (unpaired) electrons. The number of thioether (sulfide) groups is 1. The summed E-state index contributed by atoms with van der Waals surface area (Å²) >= 11 is 2.10. The van der Waals surface area contributed by atoms with Crippen LogP contribution in [0.15, 0.2) is 0 Å². The van der Waals surface area contributed by atoms with E-state index in [9.17, 15) is 5.11 Å². The highest BCUT2D eigenvalue weighted by Crippen LogP contribution is 2.27. The van der Waals surface area contributed by atoms with Crippen molar-refractivity contribution in [3.8, 4) is 0 Å². The summed E-state index contributed by atoms with van der Waals surface area (Å²) in [6, 6.07) is 0.710. The fourth-order valence-electron chi connectivity index (χ4n) is 2.74. The van der Waals surface area contributed by atoms with E-state index in [1.54, 1.807) is 0 Å². The molecule has 3 heteroatoms. The molecule has 0 aromatic heterocycles. The number of aliphatic hydroxyl groups is 1. The molecule has 2 N–H and O–H groups in total. The van der Waals surface area contributed by atoms with E-state index in [2.05, 4.69) is 24.0 Å². The Hall–Kier alpha value is 0.270. The van der Waals surface area contributed by atoms with Crippen LogP contribution in [0.25, 0.3) is 0 Å². The Morgan fingerprint density at radius 1 is 1.33 bits per heavy atom. The van der Waals surface area contributed by atoms with E-state index < -0.39 is 0 Å². The van der Waals surface area contributed by atoms with E-state index in [0.29, 0.717) is 6.04 Å². The fourth-order valence-corrected chi connectivity index (χ4v) is 3.91. The Morgan fingerprint density at radius 3 is 2.87 bits per heavy atom. The minimum atomic E-state index is -0.0186. The van der Waals surface area contributed by atoms with Gasteiger partial charge >= 0.3 is 0 Å². The highest BCUT2D eigenvalue weighted by atomic mass is 32.2. The molecule has 1 saturated carbocycles. The van der Waals surface area contributed by atoms with Crippen LogP contribution in [0.5, 0.6) is 0 Å². The van der Waals surface area contributed by atoms with E-state index in [1.165, 1.54) is 25.0 Å². The molecule has 88 valence electrons. The zero-order valence-electron chi connectivity index (χ0n) is 9.61. The van der Waals surface area contributed by atoms with Gasteiger partial charge in [-0.1, -0.05) is 6.92 Å². The molecule has 1 aliphatic heterocycles.